The zero-order valence-electron chi connectivity index (χ0n) is 14.9. The lowest BCUT2D eigenvalue weighted by Gasteiger charge is -2.23. The summed E-state index contributed by atoms with van der Waals surface area (Å²) in [7, 11) is 0. The lowest BCUT2D eigenvalue weighted by Crippen LogP contribution is -2.17. The molecule has 0 atom stereocenters. The molecule has 0 bridgehead atoms. The Morgan fingerprint density at radius 2 is 0.793 bits per heavy atom. The molecule has 29 heavy (non-hydrogen) atoms. The highest BCUT2D eigenvalue weighted by Gasteiger charge is 2.21. The first kappa shape index (κ1) is 20.3. The van der Waals surface area contributed by atoms with Crippen LogP contribution >= 0.6 is 0 Å². The van der Waals surface area contributed by atoms with E-state index in [-0.39, 0.29) is 23.0 Å². The Hall–Kier alpha value is -3.42. The summed E-state index contributed by atoms with van der Waals surface area (Å²) in [5.74, 6) is -0.392. The van der Waals surface area contributed by atoms with Gasteiger partial charge in [-0.2, -0.15) is 17.6 Å². The molecule has 0 radical (unpaired) electrons. The van der Waals surface area contributed by atoms with E-state index in [0.29, 0.717) is 5.56 Å². The Balaban J connectivity index is 1.92. The van der Waals surface area contributed by atoms with Gasteiger partial charge in [-0.05, 0) is 24.3 Å². The van der Waals surface area contributed by atoms with Crippen molar-refractivity contribution in [2.75, 3.05) is 0 Å². The van der Waals surface area contributed by atoms with Gasteiger partial charge < -0.3 is 18.9 Å². The van der Waals surface area contributed by atoms with Gasteiger partial charge in [0.25, 0.3) is 6.29 Å². The summed E-state index contributed by atoms with van der Waals surface area (Å²) >= 11 is 0. The largest absolute Gasteiger partial charge is 0.447 e. The van der Waals surface area contributed by atoms with E-state index in [1.165, 1.54) is 36.4 Å². The van der Waals surface area contributed by atoms with Gasteiger partial charge in [-0.3, -0.25) is 0 Å². The first-order valence-electron chi connectivity index (χ1n) is 8.49. The number of benzene rings is 3. The van der Waals surface area contributed by atoms with E-state index in [1.807, 2.05) is 0 Å². The summed E-state index contributed by atoms with van der Waals surface area (Å²) in [6.07, 6.45) is -1.15. The van der Waals surface area contributed by atoms with Crippen molar-refractivity contribution in [3.63, 3.8) is 0 Å². The van der Waals surface area contributed by atoms with Crippen LogP contribution in [0.25, 0.3) is 0 Å². The molecule has 0 aliphatic heterocycles. The molecular weight excluding hydrogens is 392 g/mol. The van der Waals surface area contributed by atoms with E-state index in [4.69, 9.17) is 9.47 Å². The standard InChI is InChI=1S/C21H16F4O4/c22-20(23)28-17-12-6-4-10-15(17)26-19(14-8-2-1-3-9-14)27-16-11-5-7-13-18(16)29-21(24)25/h1-13,19-21H. The number of alkyl halides is 4. The van der Waals surface area contributed by atoms with E-state index in [1.54, 1.807) is 42.5 Å². The van der Waals surface area contributed by atoms with Crippen LogP contribution < -0.4 is 18.9 Å². The number of hydrogen-bond donors (Lipinski definition) is 0. The fourth-order valence-corrected chi connectivity index (χ4v) is 2.48. The summed E-state index contributed by atoms with van der Waals surface area (Å²) in [5.41, 5.74) is 0.520. The van der Waals surface area contributed by atoms with Gasteiger partial charge in [-0.1, -0.05) is 54.6 Å². The molecule has 0 saturated heterocycles. The molecule has 0 fully saturated rings. The number of ether oxygens (including phenoxy) is 4. The molecule has 0 aliphatic carbocycles. The summed E-state index contributed by atoms with van der Waals surface area (Å²) in [4.78, 5) is 0. The van der Waals surface area contributed by atoms with Gasteiger partial charge in [-0.25, -0.2) is 0 Å². The van der Waals surface area contributed by atoms with Crippen molar-refractivity contribution >= 4 is 0 Å². The first-order chi connectivity index (χ1) is 14.0. The van der Waals surface area contributed by atoms with Gasteiger partial charge in [0.2, 0.25) is 0 Å². The van der Waals surface area contributed by atoms with E-state index >= 15 is 0 Å². The first-order valence-corrected chi connectivity index (χ1v) is 8.49. The molecule has 0 unspecified atom stereocenters. The predicted molar refractivity (Wildman–Crippen MR) is 96.6 cm³/mol. The fourth-order valence-electron chi connectivity index (χ4n) is 2.48. The summed E-state index contributed by atoms with van der Waals surface area (Å²) in [6.45, 7) is -6.09. The molecule has 0 aromatic heterocycles. The zero-order valence-corrected chi connectivity index (χ0v) is 14.9. The van der Waals surface area contributed by atoms with Crippen molar-refractivity contribution in [2.45, 2.75) is 19.5 Å². The minimum atomic E-state index is -3.05. The van der Waals surface area contributed by atoms with Crippen molar-refractivity contribution in [1.29, 1.82) is 0 Å². The van der Waals surface area contributed by atoms with Crippen molar-refractivity contribution in [3.8, 4) is 23.0 Å². The lowest BCUT2D eigenvalue weighted by atomic mass is 10.2. The highest BCUT2D eigenvalue weighted by Crippen LogP contribution is 2.36. The van der Waals surface area contributed by atoms with Gasteiger partial charge in [0, 0.05) is 5.56 Å². The highest BCUT2D eigenvalue weighted by molar-refractivity contribution is 5.42. The SMILES string of the molecule is FC(F)Oc1ccccc1OC(Oc1ccccc1OC(F)F)c1ccccc1. The molecule has 3 rings (SSSR count). The van der Waals surface area contributed by atoms with Gasteiger partial charge in [-0.15, -0.1) is 0 Å². The average Bonchev–Trinajstić information content (AvgIpc) is 2.70. The Kier molecular flexibility index (Phi) is 6.78. The molecule has 152 valence electrons. The molecule has 0 aliphatic rings. The van der Waals surface area contributed by atoms with Crippen LogP contribution in [0, 0.1) is 0 Å². The van der Waals surface area contributed by atoms with Crippen LogP contribution in [0.1, 0.15) is 11.9 Å². The van der Waals surface area contributed by atoms with Crippen LogP contribution in [-0.2, 0) is 0 Å². The van der Waals surface area contributed by atoms with Crippen molar-refractivity contribution < 1.29 is 36.5 Å². The zero-order chi connectivity index (χ0) is 20.6. The van der Waals surface area contributed by atoms with Crippen LogP contribution in [0.3, 0.4) is 0 Å². The number of hydrogen-bond acceptors (Lipinski definition) is 4. The number of rotatable bonds is 9. The normalized spacial score (nSPS) is 11.0. The molecule has 4 nitrogen and oxygen atoms in total. The van der Waals surface area contributed by atoms with E-state index in [2.05, 4.69) is 9.47 Å². The second kappa shape index (κ2) is 9.68. The van der Waals surface area contributed by atoms with Crippen LogP contribution in [0.5, 0.6) is 23.0 Å². The topological polar surface area (TPSA) is 36.9 Å². The number of para-hydroxylation sites is 4. The van der Waals surface area contributed by atoms with E-state index < -0.39 is 19.5 Å². The highest BCUT2D eigenvalue weighted by atomic mass is 19.3. The molecule has 0 heterocycles. The molecule has 8 heteroatoms. The third-order valence-corrected chi connectivity index (χ3v) is 3.67. The summed E-state index contributed by atoms with van der Waals surface area (Å²) in [6, 6.07) is 20.2. The molecule has 0 N–H and O–H groups in total. The molecule has 3 aromatic carbocycles. The second-order valence-electron chi connectivity index (χ2n) is 5.63. The lowest BCUT2D eigenvalue weighted by molar-refractivity contribution is -0.0609. The minimum absolute atomic E-state index is 0.00564. The smallest absolute Gasteiger partial charge is 0.387 e. The second-order valence-corrected chi connectivity index (χ2v) is 5.63. The van der Waals surface area contributed by atoms with Gasteiger partial charge in [0.1, 0.15) is 0 Å². The van der Waals surface area contributed by atoms with Crippen LogP contribution in [0.2, 0.25) is 0 Å². The molecule has 3 aromatic rings. The van der Waals surface area contributed by atoms with Crippen LogP contribution in [0.4, 0.5) is 17.6 Å². The molecule has 0 amide bonds. The Morgan fingerprint density at radius 1 is 0.448 bits per heavy atom. The van der Waals surface area contributed by atoms with E-state index in [9.17, 15) is 17.6 Å². The minimum Gasteiger partial charge on any atom is -0.447 e. The summed E-state index contributed by atoms with van der Waals surface area (Å²) in [5, 5.41) is 0. The maximum atomic E-state index is 12.7. The molecule has 0 spiro atoms. The third kappa shape index (κ3) is 5.78. The van der Waals surface area contributed by atoms with Crippen LogP contribution in [-0.4, -0.2) is 13.2 Å². The maximum Gasteiger partial charge on any atom is 0.387 e. The Bertz CT molecular complexity index is 850. The third-order valence-electron chi connectivity index (χ3n) is 3.67. The molecule has 0 saturated carbocycles. The maximum absolute atomic E-state index is 12.7. The van der Waals surface area contributed by atoms with Gasteiger partial charge in [0.15, 0.2) is 23.0 Å². The quantitative estimate of drug-likeness (QED) is 0.319. The van der Waals surface area contributed by atoms with Crippen LogP contribution in [0.15, 0.2) is 78.9 Å². The van der Waals surface area contributed by atoms with E-state index in [0.717, 1.165) is 0 Å². The Labute approximate surface area is 164 Å². The van der Waals surface area contributed by atoms with Crippen molar-refractivity contribution in [2.24, 2.45) is 0 Å². The molecular formula is C21H16F4O4. The summed E-state index contributed by atoms with van der Waals surface area (Å²) < 4.78 is 71.2. The fraction of sp³-hybridized carbons (Fsp3) is 0.143. The number of halogens is 4. The van der Waals surface area contributed by atoms with Crippen molar-refractivity contribution in [1.82, 2.24) is 0 Å². The predicted octanol–water partition coefficient (Wildman–Crippen LogP) is 6.05. The monoisotopic (exact) mass is 408 g/mol. The van der Waals surface area contributed by atoms with Crippen molar-refractivity contribution in [3.05, 3.63) is 84.4 Å². The van der Waals surface area contributed by atoms with Gasteiger partial charge in [0.05, 0.1) is 0 Å². The van der Waals surface area contributed by atoms with Gasteiger partial charge >= 0.3 is 13.2 Å². The average molecular weight is 408 g/mol. The Morgan fingerprint density at radius 3 is 1.17 bits per heavy atom.